The molecule has 4 heteroatoms. The zero-order valence-electron chi connectivity index (χ0n) is 8.34. The summed E-state index contributed by atoms with van der Waals surface area (Å²) in [7, 11) is 0. The molecule has 1 aromatic heterocycles. The zero-order valence-corrected chi connectivity index (χ0v) is 9.92. The van der Waals surface area contributed by atoms with Crippen molar-refractivity contribution in [2.45, 2.75) is 0 Å². The van der Waals surface area contributed by atoms with Crippen molar-refractivity contribution >= 4 is 21.6 Å². The zero-order chi connectivity index (χ0) is 11.4. The fourth-order valence-electron chi connectivity index (χ4n) is 1.39. The van der Waals surface area contributed by atoms with Gasteiger partial charge in [0.2, 0.25) is 0 Å². The summed E-state index contributed by atoms with van der Waals surface area (Å²) < 4.78 is 0.986. The van der Waals surface area contributed by atoms with Crippen molar-refractivity contribution in [3.63, 3.8) is 0 Å². The largest absolute Gasteiger partial charge is 0.410 e. The van der Waals surface area contributed by atoms with Crippen LogP contribution < -0.4 is 0 Å². The van der Waals surface area contributed by atoms with E-state index in [-0.39, 0.29) is 0 Å². The molecule has 3 nitrogen and oxygen atoms in total. The van der Waals surface area contributed by atoms with Crippen LogP contribution in [0.4, 0.5) is 0 Å². The summed E-state index contributed by atoms with van der Waals surface area (Å²) in [5.74, 6) is 0. The van der Waals surface area contributed by atoms with Gasteiger partial charge in [0.05, 0.1) is 0 Å². The molecule has 0 aliphatic heterocycles. The van der Waals surface area contributed by atoms with Gasteiger partial charge in [-0.3, -0.25) is 4.98 Å². The fraction of sp³-hybridized carbons (Fsp3) is 0. The molecule has 0 aliphatic carbocycles. The normalized spacial score (nSPS) is 11.4. The highest BCUT2D eigenvalue weighted by atomic mass is 79.9. The molecule has 0 saturated carbocycles. The summed E-state index contributed by atoms with van der Waals surface area (Å²) >= 11 is 3.36. The molecule has 0 fully saturated rings. The third-order valence-corrected chi connectivity index (χ3v) is 2.68. The Morgan fingerprint density at radius 2 is 1.88 bits per heavy atom. The van der Waals surface area contributed by atoms with Crippen molar-refractivity contribution in [1.82, 2.24) is 4.98 Å². The number of rotatable bonds is 2. The van der Waals surface area contributed by atoms with E-state index in [1.54, 1.807) is 18.5 Å². The minimum atomic E-state index is 0.514. The van der Waals surface area contributed by atoms with Gasteiger partial charge in [-0.25, -0.2) is 0 Å². The first-order valence-electron chi connectivity index (χ1n) is 4.69. The standard InChI is InChI=1S/C12H9BrN2O/c13-11-5-3-9(4-6-11)12(15-16)10-2-1-7-14-8-10/h1-8,16H/b15-12+. The van der Waals surface area contributed by atoms with E-state index in [0.717, 1.165) is 15.6 Å². The molecule has 0 unspecified atom stereocenters. The monoisotopic (exact) mass is 276 g/mol. The van der Waals surface area contributed by atoms with Gasteiger partial charge in [-0.15, -0.1) is 0 Å². The Labute approximate surface area is 102 Å². The Kier molecular flexibility index (Phi) is 3.31. The van der Waals surface area contributed by atoms with Crippen LogP contribution in [0.3, 0.4) is 0 Å². The molecule has 1 heterocycles. The second-order valence-corrected chi connectivity index (χ2v) is 4.11. The number of hydrogen-bond donors (Lipinski definition) is 1. The van der Waals surface area contributed by atoms with Gasteiger partial charge in [0.25, 0.3) is 0 Å². The topological polar surface area (TPSA) is 45.5 Å². The van der Waals surface area contributed by atoms with E-state index in [1.165, 1.54) is 0 Å². The first-order chi connectivity index (χ1) is 7.81. The van der Waals surface area contributed by atoms with Crippen molar-refractivity contribution < 1.29 is 5.21 Å². The van der Waals surface area contributed by atoms with Gasteiger partial charge in [-0.1, -0.05) is 33.2 Å². The van der Waals surface area contributed by atoms with Crippen LogP contribution in [0.2, 0.25) is 0 Å². The van der Waals surface area contributed by atoms with E-state index in [9.17, 15) is 0 Å². The molecular weight excluding hydrogens is 268 g/mol. The lowest BCUT2D eigenvalue weighted by atomic mass is 10.0. The minimum Gasteiger partial charge on any atom is -0.410 e. The Morgan fingerprint density at radius 3 is 2.44 bits per heavy atom. The van der Waals surface area contributed by atoms with Crippen molar-refractivity contribution in [2.75, 3.05) is 0 Å². The van der Waals surface area contributed by atoms with E-state index >= 15 is 0 Å². The summed E-state index contributed by atoms with van der Waals surface area (Å²) in [4.78, 5) is 4.00. The second-order valence-electron chi connectivity index (χ2n) is 3.20. The first kappa shape index (κ1) is 10.8. The lowest BCUT2D eigenvalue weighted by Crippen LogP contribution is -2.03. The number of oxime groups is 1. The Balaban J connectivity index is 2.42. The summed E-state index contributed by atoms with van der Waals surface area (Å²) in [6.45, 7) is 0. The van der Waals surface area contributed by atoms with Crippen LogP contribution in [0, 0.1) is 0 Å². The van der Waals surface area contributed by atoms with Gasteiger partial charge in [-0.05, 0) is 24.3 Å². The smallest absolute Gasteiger partial charge is 0.118 e. The Morgan fingerprint density at radius 1 is 1.12 bits per heavy atom. The summed E-state index contributed by atoms with van der Waals surface area (Å²) in [6, 6.07) is 11.2. The lowest BCUT2D eigenvalue weighted by Gasteiger charge is -2.04. The van der Waals surface area contributed by atoms with E-state index in [2.05, 4.69) is 26.1 Å². The minimum absolute atomic E-state index is 0.514. The van der Waals surface area contributed by atoms with E-state index < -0.39 is 0 Å². The number of benzene rings is 1. The lowest BCUT2D eigenvalue weighted by molar-refractivity contribution is 0.319. The summed E-state index contributed by atoms with van der Waals surface area (Å²) in [6.07, 6.45) is 3.34. The maximum atomic E-state index is 9.05. The van der Waals surface area contributed by atoms with Crippen LogP contribution in [-0.4, -0.2) is 15.9 Å². The molecule has 16 heavy (non-hydrogen) atoms. The number of pyridine rings is 1. The number of hydrogen-bond acceptors (Lipinski definition) is 3. The quantitative estimate of drug-likeness (QED) is 0.521. The van der Waals surface area contributed by atoms with Crippen molar-refractivity contribution in [1.29, 1.82) is 0 Å². The number of halogens is 1. The summed E-state index contributed by atoms with van der Waals surface area (Å²) in [5.41, 5.74) is 2.15. The number of nitrogens with zero attached hydrogens (tertiary/aromatic N) is 2. The van der Waals surface area contributed by atoms with Gasteiger partial charge in [0.15, 0.2) is 0 Å². The van der Waals surface area contributed by atoms with E-state index in [1.807, 2.05) is 30.3 Å². The van der Waals surface area contributed by atoms with Crippen molar-refractivity contribution in [3.8, 4) is 0 Å². The highest BCUT2D eigenvalue weighted by molar-refractivity contribution is 9.10. The SMILES string of the molecule is O/N=C(\c1ccc(Br)cc1)c1cccnc1. The molecule has 0 amide bonds. The molecule has 2 rings (SSSR count). The maximum absolute atomic E-state index is 9.05. The van der Waals surface area contributed by atoms with Crippen LogP contribution >= 0.6 is 15.9 Å². The van der Waals surface area contributed by atoms with E-state index in [4.69, 9.17) is 5.21 Å². The molecule has 0 bridgehead atoms. The fourth-order valence-corrected chi connectivity index (χ4v) is 1.66. The molecule has 0 atom stereocenters. The average molecular weight is 277 g/mol. The van der Waals surface area contributed by atoms with Crippen LogP contribution in [0.25, 0.3) is 0 Å². The molecule has 0 spiro atoms. The van der Waals surface area contributed by atoms with Crippen LogP contribution in [0.15, 0.2) is 58.4 Å². The Hall–Kier alpha value is -1.68. The molecule has 0 saturated heterocycles. The molecule has 1 aromatic carbocycles. The number of aromatic nitrogens is 1. The van der Waals surface area contributed by atoms with Crippen LogP contribution in [0.5, 0.6) is 0 Å². The van der Waals surface area contributed by atoms with Crippen LogP contribution in [0.1, 0.15) is 11.1 Å². The third-order valence-electron chi connectivity index (χ3n) is 2.15. The first-order valence-corrected chi connectivity index (χ1v) is 5.49. The predicted octanol–water partition coefficient (Wildman–Crippen LogP) is 3.07. The van der Waals surface area contributed by atoms with Crippen molar-refractivity contribution in [3.05, 3.63) is 64.4 Å². The second kappa shape index (κ2) is 4.90. The Bertz CT molecular complexity index is 494. The molecule has 2 aromatic rings. The van der Waals surface area contributed by atoms with E-state index in [0.29, 0.717) is 5.71 Å². The predicted molar refractivity (Wildman–Crippen MR) is 65.8 cm³/mol. The highest BCUT2D eigenvalue weighted by Gasteiger charge is 2.06. The summed E-state index contributed by atoms with van der Waals surface area (Å²) in [5, 5.41) is 12.4. The molecule has 1 N–H and O–H groups in total. The average Bonchev–Trinajstić information content (AvgIpc) is 2.34. The van der Waals surface area contributed by atoms with Gasteiger partial charge < -0.3 is 5.21 Å². The van der Waals surface area contributed by atoms with Gasteiger partial charge >= 0.3 is 0 Å². The van der Waals surface area contributed by atoms with Gasteiger partial charge in [0.1, 0.15) is 5.71 Å². The highest BCUT2D eigenvalue weighted by Crippen LogP contribution is 2.14. The molecule has 0 aliphatic rings. The van der Waals surface area contributed by atoms with Gasteiger partial charge in [0, 0.05) is 28.0 Å². The molecule has 80 valence electrons. The maximum Gasteiger partial charge on any atom is 0.118 e. The molecular formula is C12H9BrN2O. The van der Waals surface area contributed by atoms with Crippen LogP contribution in [-0.2, 0) is 0 Å². The molecule has 0 radical (unpaired) electrons. The van der Waals surface area contributed by atoms with Gasteiger partial charge in [-0.2, -0.15) is 0 Å². The third kappa shape index (κ3) is 2.28. The van der Waals surface area contributed by atoms with Crippen molar-refractivity contribution in [2.24, 2.45) is 5.16 Å².